The molecule has 0 spiro atoms. The summed E-state index contributed by atoms with van der Waals surface area (Å²) in [5.74, 6) is 1.71. The molecule has 0 saturated carbocycles. The van der Waals surface area contributed by atoms with Crippen LogP contribution in [0.15, 0.2) is 18.2 Å². The van der Waals surface area contributed by atoms with Crippen molar-refractivity contribution in [2.24, 2.45) is 0 Å². The number of anilines is 1. The number of aryl methyl sites for hydroxylation is 1. The van der Waals surface area contributed by atoms with Crippen LogP contribution in [0.4, 0.5) is 5.82 Å². The van der Waals surface area contributed by atoms with Gasteiger partial charge in [0.05, 0.1) is 0 Å². The van der Waals surface area contributed by atoms with Crippen LogP contribution >= 0.6 is 0 Å². The van der Waals surface area contributed by atoms with Gasteiger partial charge in [-0.3, -0.25) is 0 Å². The van der Waals surface area contributed by atoms with Crippen LogP contribution in [-0.2, 0) is 11.3 Å². The molecule has 2 heterocycles. The molecule has 1 saturated heterocycles. The highest BCUT2D eigenvalue weighted by Gasteiger charge is 2.20. The lowest BCUT2D eigenvalue weighted by Gasteiger charge is -2.34. The van der Waals surface area contributed by atoms with Crippen LogP contribution < -0.4 is 4.90 Å². The Hall–Kier alpha value is -1.42. The number of rotatable bonds is 3. The van der Waals surface area contributed by atoms with E-state index in [-0.39, 0.29) is 0 Å². The Labute approximate surface area is 89.6 Å². The van der Waals surface area contributed by atoms with Crippen LogP contribution in [0.3, 0.4) is 0 Å². The molecule has 0 radical (unpaired) electrons. The Balaban J connectivity index is 2.19. The van der Waals surface area contributed by atoms with Crippen molar-refractivity contribution in [2.75, 3.05) is 25.1 Å². The number of nitrogens with zero attached hydrogens (tertiary/aromatic N) is 3. The van der Waals surface area contributed by atoms with E-state index >= 15 is 0 Å². The van der Waals surface area contributed by atoms with Crippen LogP contribution in [0, 0.1) is 6.92 Å². The van der Waals surface area contributed by atoms with Gasteiger partial charge in [0.1, 0.15) is 12.4 Å². The molecule has 80 valence electrons. The molecule has 4 nitrogen and oxygen atoms in total. The largest absolute Gasteiger partial charge is 0.377 e. The molecule has 0 bridgehead atoms. The van der Waals surface area contributed by atoms with Crippen molar-refractivity contribution in [1.82, 2.24) is 9.97 Å². The van der Waals surface area contributed by atoms with Gasteiger partial charge in [0.25, 0.3) is 0 Å². The van der Waals surface area contributed by atoms with Gasteiger partial charge in [-0.15, -0.1) is 0 Å². The van der Waals surface area contributed by atoms with E-state index in [2.05, 4.69) is 21.4 Å². The fourth-order valence-corrected chi connectivity index (χ4v) is 1.62. The molecule has 0 N–H and O–H groups in total. The molecule has 1 aromatic rings. The summed E-state index contributed by atoms with van der Waals surface area (Å²) in [6, 6.07) is 1.99. The van der Waals surface area contributed by atoms with Gasteiger partial charge in [-0.05, 0) is 12.5 Å². The summed E-state index contributed by atoms with van der Waals surface area (Å²) >= 11 is 0. The lowest BCUT2D eigenvalue weighted by Crippen LogP contribution is -2.40. The number of methoxy groups -OCH3 is 1. The molecule has 0 atom stereocenters. The van der Waals surface area contributed by atoms with Gasteiger partial charge in [-0.2, -0.15) is 0 Å². The fraction of sp³-hybridized carbons (Fsp3) is 0.455. The van der Waals surface area contributed by atoms with E-state index in [1.807, 2.05) is 13.0 Å². The Morgan fingerprint density at radius 3 is 2.80 bits per heavy atom. The van der Waals surface area contributed by atoms with Crippen molar-refractivity contribution in [3.63, 3.8) is 0 Å². The second-order valence-electron chi connectivity index (χ2n) is 3.82. The zero-order chi connectivity index (χ0) is 10.8. The molecule has 15 heavy (non-hydrogen) atoms. The first-order valence-electron chi connectivity index (χ1n) is 4.94. The van der Waals surface area contributed by atoms with Crippen molar-refractivity contribution in [3.8, 4) is 0 Å². The first kappa shape index (κ1) is 10.1. The van der Waals surface area contributed by atoms with Crippen LogP contribution in [0.5, 0.6) is 0 Å². The van der Waals surface area contributed by atoms with E-state index in [1.54, 1.807) is 7.11 Å². The zero-order valence-electron chi connectivity index (χ0n) is 9.16. The van der Waals surface area contributed by atoms with Gasteiger partial charge in [0.2, 0.25) is 0 Å². The summed E-state index contributed by atoms with van der Waals surface area (Å²) in [5.41, 5.74) is 2.23. The summed E-state index contributed by atoms with van der Waals surface area (Å²) in [5, 5.41) is 0. The van der Waals surface area contributed by atoms with Crippen LogP contribution in [0.2, 0.25) is 0 Å². The average molecular weight is 205 g/mol. The van der Waals surface area contributed by atoms with E-state index in [9.17, 15) is 0 Å². The summed E-state index contributed by atoms with van der Waals surface area (Å²) in [6.45, 7) is 8.15. The first-order valence-corrected chi connectivity index (χ1v) is 4.94. The topological polar surface area (TPSA) is 38.2 Å². The Morgan fingerprint density at radius 1 is 1.47 bits per heavy atom. The van der Waals surface area contributed by atoms with Gasteiger partial charge < -0.3 is 9.64 Å². The van der Waals surface area contributed by atoms with Gasteiger partial charge in [0.15, 0.2) is 5.82 Å². The molecule has 0 aliphatic carbocycles. The van der Waals surface area contributed by atoms with Gasteiger partial charge in [0, 0.05) is 32.0 Å². The van der Waals surface area contributed by atoms with E-state index in [0.29, 0.717) is 6.61 Å². The predicted molar refractivity (Wildman–Crippen MR) is 58.8 cm³/mol. The molecule has 0 amide bonds. The van der Waals surface area contributed by atoms with Crippen LogP contribution in [0.25, 0.3) is 0 Å². The maximum atomic E-state index is 5.03. The standard InChI is InChI=1S/C11H15N3O/c1-8-5-14(6-8)11-4-9(2)12-10(13-11)7-15-3/h4H,1,5-7H2,2-3H3. The Kier molecular flexibility index (Phi) is 2.68. The molecule has 1 aliphatic heterocycles. The third-order valence-electron chi connectivity index (χ3n) is 2.31. The van der Waals surface area contributed by atoms with Crippen molar-refractivity contribution in [1.29, 1.82) is 0 Å². The molecule has 0 unspecified atom stereocenters. The second kappa shape index (κ2) is 3.98. The number of aromatic nitrogens is 2. The predicted octanol–water partition coefficient (Wildman–Crippen LogP) is 1.31. The van der Waals surface area contributed by atoms with Crippen molar-refractivity contribution in [2.45, 2.75) is 13.5 Å². The smallest absolute Gasteiger partial charge is 0.156 e. The molecule has 2 rings (SSSR count). The monoisotopic (exact) mass is 205 g/mol. The third kappa shape index (κ3) is 2.15. The van der Waals surface area contributed by atoms with Crippen molar-refractivity contribution < 1.29 is 4.74 Å². The lowest BCUT2D eigenvalue weighted by atomic mass is 10.1. The minimum atomic E-state index is 0.462. The van der Waals surface area contributed by atoms with E-state index < -0.39 is 0 Å². The van der Waals surface area contributed by atoms with Gasteiger partial charge in [-0.25, -0.2) is 9.97 Å². The lowest BCUT2D eigenvalue weighted by molar-refractivity contribution is 0.177. The highest BCUT2D eigenvalue weighted by molar-refractivity contribution is 5.48. The van der Waals surface area contributed by atoms with E-state index in [4.69, 9.17) is 4.74 Å². The minimum Gasteiger partial charge on any atom is -0.377 e. The molecule has 0 aromatic carbocycles. The summed E-state index contributed by atoms with van der Waals surface area (Å²) in [7, 11) is 1.65. The highest BCUT2D eigenvalue weighted by Crippen LogP contribution is 2.21. The summed E-state index contributed by atoms with van der Waals surface area (Å²) in [4.78, 5) is 10.9. The maximum Gasteiger partial charge on any atom is 0.156 e. The molecule has 4 heteroatoms. The first-order chi connectivity index (χ1) is 7.19. The van der Waals surface area contributed by atoms with Crippen LogP contribution in [0.1, 0.15) is 11.5 Å². The third-order valence-corrected chi connectivity index (χ3v) is 2.31. The molecule has 1 aromatic heterocycles. The minimum absolute atomic E-state index is 0.462. The number of hydrogen-bond acceptors (Lipinski definition) is 4. The number of hydrogen-bond donors (Lipinski definition) is 0. The van der Waals surface area contributed by atoms with Crippen molar-refractivity contribution >= 4 is 5.82 Å². The Bertz CT molecular complexity index is 381. The number of ether oxygens (including phenoxy) is 1. The zero-order valence-corrected chi connectivity index (χ0v) is 9.16. The fourth-order valence-electron chi connectivity index (χ4n) is 1.62. The molecular formula is C11H15N3O. The molecular weight excluding hydrogens is 190 g/mol. The summed E-state index contributed by atoms with van der Waals surface area (Å²) in [6.07, 6.45) is 0. The quantitative estimate of drug-likeness (QED) is 0.697. The average Bonchev–Trinajstić information content (AvgIpc) is 2.12. The van der Waals surface area contributed by atoms with E-state index in [0.717, 1.165) is 30.4 Å². The highest BCUT2D eigenvalue weighted by atomic mass is 16.5. The SMILES string of the molecule is C=C1CN(c2cc(C)nc(COC)n2)C1. The Morgan fingerprint density at radius 2 is 2.20 bits per heavy atom. The van der Waals surface area contributed by atoms with Crippen LogP contribution in [-0.4, -0.2) is 30.2 Å². The van der Waals surface area contributed by atoms with Gasteiger partial charge in [-0.1, -0.05) is 6.58 Å². The summed E-state index contributed by atoms with van der Waals surface area (Å²) < 4.78 is 5.03. The van der Waals surface area contributed by atoms with Gasteiger partial charge >= 0.3 is 0 Å². The molecule has 1 aliphatic rings. The maximum absolute atomic E-state index is 5.03. The second-order valence-corrected chi connectivity index (χ2v) is 3.82. The van der Waals surface area contributed by atoms with Crippen molar-refractivity contribution in [3.05, 3.63) is 29.7 Å². The normalized spacial score (nSPS) is 15.3. The van der Waals surface area contributed by atoms with E-state index in [1.165, 1.54) is 5.57 Å². The molecule has 1 fully saturated rings.